The van der Waals surface area contributed by atoms with Gasteiger partial charge in [-0.2, -0.15) is 0 Å². The van der Waals surface area contributed by atoms with Crippen molar-refractivity contribution in [2.45, 2.75) is 25.3 Å². The van der Waals surface area contributed by atoms with E-state index < -0.39 is 0 Å². The fourth-order valence-corrected chi connectivity index (χ4v) is 3.61. The van der Waals surface area contributed by atoms with Gasteiger partial charge < -0.3 is 19.8 Å². The number of nitrogens with one attached hydrogen (secondary N) is 2. The van der Waals surface area contributed by atoms with Gasteiger partial charge in [0.15, 0.2) is 5.96 Å². The summed E-state index contributed by atoms with van der Waals surface area (Å²) in [5, 5.41) is 6.72. The Kier molecular flexibility index (Phi) is 8.19. The number of guanidine groups is 1. The molecule has 156 valence electrons. The fourth-order valence-electron chi connectivity index (χ4n) is 3.61. The van der Waals surface area contributed by atoms with E-state index in [0.29, 0.717) is 13.1 Å². The van der Waals surface area contributed by atoms with Gasteiger partial charge in [-0.15, -0.1) is 6.58 Å². The molecule has 1 aromatic heterocycles. The van der Waals surface area contributed by atoms with Crippen LogP contribution in [0.3, 0.4) is 0 Å². The summed E-state index contributed by atoms with van der Waals surface area (Å²) in [5.74, 6) is 2.65. The number of likely N-dealkylation sites (tertiary alicyclic amines) is 1. The Morgan fingerprint density at radius 3 is 2.86 bits per heavy atom. The summed E-state index contributed by atoms with van der Waals surface area (Å²) in [6, 6.07) is 12.5. The maximum Gasteiger partial charge on any atom is 0.191 e. The van der Waals surface area contributed by atoms with E-state index in [4.69, 9.17) is 14.1 Å². The fraction of sp³-hybridized carbons (Fsp3) is 0.435. The SMILES string of the molecule is C=CCNC(=NCC(c1cccc(OC)c1)N1CCCC1)NCCc1ccco1. The van der Waals surface area contributed by atoms with E-state index in [1.54, 1.807) is 13.4 Å². The first-order valence-electron chi connectivity index (χ1n) is 10.3. The molecule has 0 aliphatic carbocycles. The summed E-state index contributed by atoms with van der Waals surface area (Å²) in [6.07, 6.45) is 6.84. The van der Waals surface area contributed by atoms with Gasteiger partial charge in [0.2, 0.25) is 0 Å². The van der Waals surface area contributed by atoms with Gasteiger partial charge >= 0.3 is 0 Å². The average molecular weight is 397 g/mol. The van der Waals surface area contributed by atoms with Gasteiger partial charge in [-0.05, 0) is 55.8 Å². The molecule has 0 spiro atoms. The van der Waals surface area contributed by atoms with E-state index in [1.165, 1.54) is 18.4 Å². The van der Waals surface area contributed by atoms with Crippen molar-refractivity contribution in [2.75, 3.05) is 39.8 Å². The topological polar surface area (TPSA) is 62.0 Å². The molecule has 2 heterocycles. The molecule has 1 unspecified atom stereocenters. The van der Waals surface area contributed by atoms with Crippen LogP contribution < -0.4 is 15.4 Å². The largest absolute Gasteiger partial charge is 0.497 e. The highest BCUT2D eigenvalue weighted by Crippen LogP contribution is 2.27. The maximum atomic E-state index is 5.44. The van der Waals surface area contributed by atoms with E-state index in [9.17, 15) is 0 Å². The second kappa shape index (κ2) is 11.3. The molecule has 0 amide bonds. The smallest absolute Gasteiger partial charge is 0.191 e. The Morgan fingerprint density at radius 2 is 2.14 bits per heavy atom. The number of nitrogens with zero attached hydrogens (tertiary/aromatic N) is 2. The van der Waals surface area contributed by atoms with Crippen molar-refractivity contribution in [2.24, 2.45) is 4.99 Å². The lowest BCUT2D eigenvalue weighted by Crippen LogP contribution is -2.39. The third-order valence-electron chi connectivity index (χ3n) is 5.14. The van der Waals surface area contributed by atoms with Crippen molar-refractivity contribution in [3.63, 3.8) is 0 Å². The van der Waals surface area contributed by atoms with Crippen LogP contribution in [0.4, 0.5) is 0 Å². The molecule has 0 saturated carbocycles. The molecule has 2 aromatic rings. The summed E-state index contributed by atoms with van der Waals surface area (Å²) in [4.78, 5) is 7.41. The zero-order chi connectivity index (χ0) is 20.3. The number of hydrogen-bond donors (Lipinski definition) is 2. The molecule has 0 radical (unpaired) electrons. The van der Waals surface area contributed by atoms with Gasteiger partial charge in [-0.3, -0.25) is 9.89 Å². The first kappa shape index (κ1) is 21.0. The van der Waals surface area contributed by atoms with E-state index in [-0.39, 0.29) is 6.04 Å². The van der Waals surface area contributed by atoms with Gasteiger partial charge in [0.25, 0.3) is 0 Å². The molecule has 1 aliphatic rings. The van der Waals surface area contributed by atoms with Crippen LogP contribution in [0, 0.1) is 0 Å². The monoisotopic (exact) mass is 396 g/mol. The predicted molar refractivity (Wildman–Crippen MR) is 117 cm³/mol. The number of rotatable bonds is 10. The number of ether oxygens (including phenoxy) is 1. The van der Waals surface area contributed by atoms with Crippen LogP contribution in [0.2, 0.25) is 0 Å². The Labute approximate surface area is 173 Å². The first-order valence-corrected chi connectivity index (χ1v) is 10.3. The molecule has 1 aliphatic heterocycles. The highest BCUT2D eigenvalue weighted by molar-refractivity contribution is 5.80. The van der Waals surface area contributed by atoms with Crippen molar-refractivity contribution < 1.29 is 9.15 Å². The molecular formula is C23H32N4O2. The molecule has 29 heavy (non-hydrogen) atoms. The minimum absolute atomic E-state index is 0.236. The zero-order valence-electron chi connectivity index (χ0n) is 17.3. The Bertz CT molecular complexity index is 767. The number of furan rings is 1. The second-order valence-electron chi connectivity index (χ2n) is 7.15. The molecule has 1 saturated heterocycles. The van der Waals surface area contributed by atoms with Crippen molar-refractivity contribution in [3.8, 4) is 5.75 Å². The van der Waals surface area contributed by atoms with Gasteiger partial charge in [-0.1, -0.05) is 18.2 Å². The van der Waals surface area contributed by atoms with Crippen LogP contribution in [0.5, 0.6) is 5.75 Å². The number of aliphatic imine (C=N–C) groups is 1. The second-order valence-corrected chi connectivity index (χ2v) is 7.15. The Morgan fingerprint density at radius 1 is 1.28 bits per heavy atom. The summed E-state index contributed by atoms with van der Waals surface area (Å²) in [5.41, 5.74) is 1.24. The molecule has 6 heteroatoms. The quantitative estimate of drug-likeness (QED) is 0.366. The summed E-state index contributed by atoms with van der Waals surface area (Å²) >= 11 is 0. The number of benzene rings is 1. The molecule has 0 bridgehead atoms. The van der Waals surface area contributed by atoms with Crippen molar-refractivity contribution in [3.05, 3.63) is 66.6 Å². The van der Waals surface area contributed by atoms with E-state index >= 15 is 0 Å². The number of methoxy groups -OCH3 is 1. The highest BCUT2D eigenvalue weighted by atomic mass is 16.5. The standard InChI is InChI=1S/C23H32N4O2/c1-3-12-24-23(25-13-11-20-10-7-16-29-20)26-18-22(27-14-4-5-15-27)19-8-6-9-21(17-19)28-2/h3,6-10,16-17,22H,1,4-5,11-15,18H2,2H3,(H2,24,25,26). The molecule has 1 aromatic carbocycles. The molecule has 3 rings (SSSR count). The lowest BCUT2D eigenvalue weighted by molar-refractivity contribution is 0.251. The van der Waals surface area contributed by atoms with Gasteiger partial charge in [0, 0.05) is 19.5 Å². The Hall–Kier alpha value is -2.73. The van der Waals surface area contributed by atoms with Crippen LogP contribution in [-0.4, -0.2) is 50.7 Å². The third kappa shape index (κ3) is 6.39. The summed E-state index contributed by atoms with van der Waals surface area (Å²) in [7, 11) is 1.71. The van der Waals surface area contributed by atoms with Crippen molar-refractivity contribution >= 4 is 5.96 Å². The molecule has 1 fully saturated rings. The minimum Gasteiger partial charge on any atom is -0.497 e. The van der Waals surface area contributed by atoms with Gasteiger partial charge in [0.05, 0.1) is 26.0 Å². The Balaban J connectivity index is 1.69. The van der Waals surface area contributed by atoms with Crippen molar-refractivity contribution in [1.29, 1.82) is 0 Å². The summed E-state index contributed by atoms with van der Waals surface area (Å²) < 4.78 is 10.8. The van der Waals surface area contributed by atoms with Gasteiger partial charge in [0.1, 0.15) is 11.5 Å². The predicted octanol–water partition coefficient (Wildman–Crippen LogP) is 3.39. The van der Waals surface area contributed by atoms with Gasteiger partial charge in [-0.25, -0.2) is 0 Å². The highest BCUT2D eigenvalue weighted by Gasteiger charge is 2.23. The first-order chi connectivity index (χ1) is 14.3. The van der Waals surface area contributed by atoms with Crippen LogP contribution >= 0.6 is 0 Å². The molecule has 2 N–H and O–H groups in total. The molecule has 6 nitrogen and oxygen atoms in total. The van der Waals surface area contributed by atoms with E-state index in [1.807, 2.05) is 24.3 Å². The van der Waals surface area contributed by atoms with Crippen LogP contribution in [-0.2, 0) is 6.42 Å². The maximum absolute atomic E-state index is 5.44. The zero-order valence-corrected chi connectivity index (χ0v) is 17.3. The van der Waals surface area contributed by atoms with Crippen LogP contribution in [0.25, 0.3) is 0 Å². The van der Waals surface area contributed by atoms with Crippen LogP contribution in [0.1, 0.15) is 30.2 Å². The van der Waals surface area contributed by atoms with E-state index in [0.717, 1.165) is 43.5 Å². The van der Waals surface area contributed by atoms with Crippen LogP contribution in [0.15, 0.2) is 64.7 Å². The molecule has 1 atom stereocenters. The normalized spacial score (nSPS) is 15.8. The minimum atomic E-state index is 0.236. The molecular weight excluding hydrogens is 364 g/mol. The lowest BCUT2D eigenvalue weighted by Gasteiger charge is -2.27. The van der Waals surface area contributed by atoms with E-state index in [2.05, 4.69) is 40.3 Å². The van der Waals surface area contributed by atoms with Crippen molar-refractivity contribution in [1.82, 2.24) is 15.5 Å². The summed E-state index contributed by atoms with van der Waals surface area (Å²) in [6.45, 7) is 8.12. The third-order valence-corrected chi connectivity index (χ3v) is 5.14. The lowest BCUT2D eigenvalue weighted by atomic mass is 10.1. The average Bonchev–Trinajstić information content (AvgIpc) is 3.46. The number of hydrogen-bond acceptors (Lipinski definition) is 4.